The summed E-state index contributed by atoms with van der Waals surface area (Å²) in [6.07, 6.45) is 8.15. The number of hydrogen-bond acceptors (Lipinski definition) is 1. The van der Waals surface area contributed by atoms with E-state index in [4.69, 9.17) is 11.6 Å². The number of carbonyl (C=O) groups excluding carboxylic acids is 1. The zero-order chi connectivity index (χ0) is 14.7. The van der Waals surface area contributed by atoms with Crippen LogP contribution >= 0.6 is 11.6 Å². The Balaban J connectivity index is 1.79. The first-order valence-corrected chi connectivity index (χ1v) is 7.70. The predicted octanol–water partition coefficient (Wildman–Crippen LogP) is 5.11. The molecule has 0 aliphatic heterocycles. The van der Waals surface area contributed by atoms with Gasteiger partial charge in [-0.2, -0.15) is 0 Å². The van der Waals surface area contributed by atoms with Crippen LogP contribution in [0.2, 0.25) is 5.02 Å². The van der Waals surface area contributed by atoms with Gasteiger partial charge in [-0.15, -0.1) is 0 Å². The summed E-state index contributed by atoms with van der Waals surface area (Å²) < 4.78 is 0. The molecule has 1 aliphatic carbocycles. The van der Waals surface area contributed by atoms with Gasteiger partial charge in [-0.1, -0.05) is 41.9 Å². The highest BCUT2D eigenvalue weighted by atomic mass is 35.5. The number of carbonyl (C=O) groups is 1. The summed E-state index contributed by atoms with van der Waals surface area (Å²) in [5.74, 6) is 0.0448. The van der Waals surface area contributed by atoms with Crippen LogP contribution in [0, 0.1) is 0 Å². The van der Waals surface area contributed by atoms with Crippen molar-refractivity contribution in [3.63, 3.8) is 0 Å². The molecule has 0 bridgehead atoms. The molecule has 0 atom stereocenters. The van der Waals surface area contributed by atoms with Crippen LogP contribution in [0.3, 0.4) is 0 Å². The normalized spacial score (nSPS) is 14.1. The van der Waals surface area contributed by atoms with E-state index in [0.717, 1.165) is 24.0 Å². The number of allylic oxidation sites excluding steroid dienone is 1. The van der Waals surface area contributed by atoms with Gasteiger partial charge in [0, 0.05) is 10.6 Å². The Bertz CT molecular complexity index is 700. The zero-order valence-electron chi connectivity index (χ0n) is 11.8. The monoisotopic (exact) mass is 296 g/mol. The molecule has 1 aliphatic rings. The first-order chi connectivity index (χ1) is 10.2. The maximum absolute atomic E-state index is 12.3. The third-order valence-electron chi connectivity index (χ3n) is 3.91. The topological polar surface area (TPSA) is 17.1 Å². The highest BCUT2D eigenvalue weighted by Crippen LogP contribution is 2.22. The van der Waals surface area contributed by atoms with Crippen molar-refractivity contribution in [2.75, 3.05) is 0 Å². The first-order valence-electron chi connectivity index (χ1n) is 7.32. The smallest absolute Gasteiger partial charge is 0.185 e. The molecular weight excluding hydrogens is 280 g/mol. The second-order valence-corrected chi connectivity index (χ2v) is 5.88. The van der Waals surface area contributed by atoms with E-state index in [1.807, 2.05) is 36.4 Å². The lowest BCUT2D eigenvalue weighted by molar-refractivity contribution is 0.104. The average molecular weight is 297 g/mol. The third kappa shape index (κ3) is 3.43. The maximum atomic E-state index is 12.3. The minimum atomic E-state index is 0.0448. The second kappa shape index (κ2) is 6.28. The van der Waals surface area contributed by atoms with Gasteiger partial charge in [0.1, 0.15) is 0 Å². The van der Waals surface area contributed by atoms with E-state index in [9.17, 15) is 4.79 Å². The van der Waals surface area contributed by atoms with Crippen molar-refractivity contribution in [1.82, 2.24) is 0 Å². The SMILES string of the molecule is O=C(/C=C/c1cccc(Cl)c1)c1ccc2c(c1)CCCC2. The zero-order valence-corrected chi connectivity index (χ0v) is 12.6. The Morgan fingerprint density at radius 1 is 1.00 bits per heavy atom. The number of rotatable bonds is 3. The third-order valence-corrected chi connectivity index (χ3v) is 4.14. The van der Waals surface area contributed by atoms with Gasteiger partial charge < -0.3 is 0 Å². The van der Waals surface area contributed by atoms with Gasteiger partial charge in [-0.3, -0.25) is 4.79 Å². The fourth-order valence-electron chi connectivity index (χ4n) is 2.77. The summed E-state index contributed by atoms with van der Waals surface area (Å²) in [6, 6.07) is 13.6. The lowest BCUT2D eigenvalue weighted by Crippen LogP contribution is -2.05. The molecule has 0 saturated carbocycles. The Morgan fingerprint density at radius 3 is 2.62 bits per heavy atom. The number of aryl methyl sites for hydroxylation is 2. The predicted molar refractivity (Wildman–Crippen MR) is 87.9 cm³/mol. The van der Waals surface area contributed by atoms with Gasteiger partial charge in [-0.25, -0.2) is 0 Å². The van der Waals surface area contributed by atoms with Crippen molar-refractivity contribution in [2.45, 2.75) is 25.7 Å². The fraction of sp³-hybridized carbons (Fsp3) is 0.211. The Hall–Kier alpha value is -1.86. The molecule has 0 fully saturated rings. The second-order valence-electron chi connectivity index (χ2n) is 5.44. The molecule has 21 heavy (non-hydrogen) atoms. The minimum Gasteiger partial charge on any atom is -0.289 e. The molecule has 0 N–H and O–H groups in total. The van der Waals surface area contributed by atoms with E-state index in [2.05, 4.69) is 12.1 Å². The van der Waals surface area contributed by atoms with Crippen LogP contribution in [0.5, 0.6) is 0 Å². The molecule has 0 saturated heterocycles. The Kier molecular flexibility index (Phi) is 4.21. The quantitative estimate of drug-likeness (QED) is 0.568. The molecule has 106 valence electrons. The minimum absolute atomic E-state index is 0.0448. The number of benzene rings is 2. The summed E-state index contributed by atoms with van der Waals surface area (Å²) in [5, 5.41) is 0.679. The van der Waals surface area contributed by atoms with Gasteiger partial charge >= 0.3 is 0 Å². The fourth-order valence-corrected chi connectivity index (χ4v) is 2.96. The van der Waals surface area contributed by atoms with Gasteiger partial charge in [0.15, 0.2) is 5.78 Å². The van der Waals surface area contributed by atoms with Crippen LogP contribution in [0.4, 0.5) is 0 Å². The van der Waals surface area contributed by atoms with Crippen molar-refractivity contribution < 1.29 is 4.79 Å². The van der Waals surface area contributed by atoms with E-state index >= 15 is 0 Å². The van der Waals surface area contributed by atoms with Crippen molar-refractivity contribution >= 4 is 23.5 Å². The van der Waals surface area contributed by atoms with E-state index in [0.29, 0.717) is 5.02 Å². The van der Waals surface area contributed by atoms with Gasteiger partial charge in [0.2, 0.25) is 0 Å². The number of ketones is 1. The summed E-state index contributed by atoms with van der Waals surface area (Å²) in [6.45, 7) is 0. The van der Waals surface area contributed by atoms with Crippen LogP contribution in [0.25, 0.3) is 6.08 Å². The number of halogens is 1. The van der Waals surface area contributed by atoms with Gasteiger partial charge in [0.25, 0.3) is 0 Å². The van der Waals surface area contributed by atoms with Crippen LogP contribution < -0.4 is 0 Å². The summed E-state index contributed by atoms with van der Waals surface area (Å²) in [7, 11) is 0. The van der Waals surface area contributed by atoms with E-state index in [1.54, 1.807) is 6.08 Å². The summed E-state index contributed by atoms with van der Waals surface area (Å²) >= 11 is 5.94. The standard InChI is InChI=1S/C19H17ClO/c20-18-7-3-4-14(12-18)8-11-19(21)17-10-9-15-5-1-2-6-16(15)13-17/h3-4,7-13H,1-2,5-6H2/b11-8+. The molecule has 3 rings (SSSR count). The molecular formula is C19H17ClO. The van der Waals surface area contributed by atoms with Crippen LogP contribution in [0.15, 0.2) is 48.5 Å². The lowest BCUT2D eigenvalue weighted by atomic mass is 9.90. The van der Waals surface area contributed by atoms with E-state index in [1.165, 1.54) is 24.0 Å². The van der Waals surface area contributed by atoms with Crippen molar-refractivity contribution in [1.29, 1.82) is 0 Å². The Labute approximate surface area is 130 Å². The van der Waals surface area contributed by atoms with Gasteiger partial charge in [0.05, 0.1) is 0 Å². The van der Waals surface area contributed by atoms with Crippen LogP contribution in [-0.4, -0.2) is 5.78 Å². The maximum Gasteiger partial charge on any atom is 0.185 e. The highest BCUT2D eigenvalue weighted by Gasteiger charge is 2.11. The molecule has 0 unspecified atom stereocenters. The summed E-state index contributed by atoms with van der Waals surface area (Å²) in [4.78, 5) is 12.3. The number of hydrogen-bond donors (Lipinski definition) is 0. The molecule has 1 nitrogen and oxygen atoms in total. The molecule has 0 radical (unpaired) electrons. The highest BCUT2D eigenvalue weighted by molar-refractivity contribution is 6.30. The Morgan fingerprint density at radius 2 is 1.81 bits per heavy atom. The van der Waals surface area contributed by atoms with Gasteiger partial charge in [-0.05, 0) is 66.6 Å². The average Bonchev–Trinajstić information content (AvgIpc) is 2.52. The summed E-state index contributed by atoms with van der Waals surface area (Å²) in [5.41, 5.74) is 4.45. The molecule has 0 spiro atoms. The van der Waals surface area contributed by atoms with Crippen molar-refractivity contribution in [2.24, 2.45) is 0 Å². The van der Waals surface area contributed by atoms with Crippen LogP contribution in [-0.2, 0) is 12.8 Å². The molecule has 2 heteroatoms. The molecule has 2 aromatic carbocycles. The molecule has 2 aromatic rings. The van der Waals surface area contributed by atoms with E-state index < -0.39 is 0 Å². The lowest BCUT2D eigenvalue weighted by Gasteiger charge is -2.15. The molecule has 0 heterocycles. The van der Waals surface area contributed by atoms with Crippen molar-refractivity contribution in [3.05, 3.63) is 75.8 Å². The molecule has 0 amide bonds. The van der Waals surface area contributed by atoms with E-state index in [-0.39, 0.29) is 5.78 Å². The van der Waals surface area contributed by atoms with Crippen molar-refractivity contribution in [3.8, 4) is 0 Å². The molecule has 0 aromatic heterocycles. The number of fused-ring (bicyclic) bond motifs is 1. The first kappa shape index (κ1) is 14.1. The van der Waals surface area contributed by atoms with Crippen LogP contribution in [0.1, 0.15) is 39.9 Å². The largest absolute Gasteiger partial charge is 0.289 e.